The molecule has 1 aromatic rings. The van der Waals surface area contributed by atoms with Crippen LogP contribution in [0.1, 0.15) is 41.7 Å². The number of hydrogen-bond donors (Lipinski definition) is 1. The summed E-state index contributed by atoms with van der Waals surface area (Å²) in [6.07, 6.45) is 6.67. The molecule has 0 saturated heterocycles. The number of amides is 1. The minimum atomic E-state index is -0.201. The fourth-order valence-electron chi connectivity index (χ4n) is 2.23. The number of nitrogens with one attached hydrogen (secondary N) is 1. The van der Waals surface area contributed by atoms with Gasteiger partial charge in [0.25, 0.3) is 5.91 Å². The summed E-state index contributed by atoms with van der Waals surface area (Å²) in [5.41, 5.74) is 1.21. The number of hydrogen-bond acceptors (Lipinski definition) is 3. The molecule has 1 N–H and O–H groups in total. The molecule has 0 atom stereocenters. The second-order valence-electron chi connectivity index (χ2n) is 4.84. The van der Waals surface area contributed by atoms with Crippen molar-refractivity contribution in [1.82, 2.24) is 10.3 Å². The van der Waals surface area contributed by atoms with Gasteiger partial charge < -0.3 is 10.1 Å². The Balaban J connectivity index is 1.74. The van der Waals surface area contributed by atoms with Crippen LogP contribution in [0, 0.1) is 6.92 Å². The molecule has 1 aliphatic carbocycles. The van der Waals surface area contributed by atoms with Crippen LogP contribution in [0.5, 0.6) is 0 Å². The zero-order valence-electron chi connectivity index (χ0n) is 11.1. The van der Waals surface area contributed by atoms with Gasteiger partial charge in [-0.25, -0.2) is 0 Å². The lowest BCUT2D eigenvalue weighted by molar-refractivity contribution is 0.0582. The summed E-state index contributed by atoms with van der Waals surface area (Å²) in [5.74, 6) is -0.201. The summed E-state index contributed by atoms with van der Waals surface area (Å²) in [7, 11) is 0. The van der Waals surface area contributed by atoms with Crippen molar-refractivity contribution >= 4 is 17.5 Å². The number of aromatic nitrogens is 1. The van der Waals surface area contributed by atoms with Crippen LogP contribution < -0.4 is 5.32 Å². The SMILES string of the molecule is Cc1cc(Cl)c(C(=O)NCCOC2CCCC2)cn1. The quantitative estimate of drug-likeness (QED) is 0.845. The third-order valence-corrected chi connectivity index (χ3v) is 3.59. The molecule has 0 bridgehead atoms. The van der Waals surface area contributed by atoms with Crippen LogP contribution in [-0.4, -0.2) is 30.1 Å². The second kappa shape index (κ2) is 6.87. The minimum absolute atomic E-state index is 0.201. The number of aryl methyl sites for hydroxylation is 1. The van der Waals surface area contributed by atoms with Gasteiger partial charge in [0.05, 0.1) is 23.3 Å². The molecule has 1 aliphatic rings. The molecule has 5 heteroatoms. The van der Waals surface area contributed by atoms with Gasteiger partial charge in [-0.05, 0) is 25.8 Å². The van der Waals surface area contributed by atoms with E-state index in [1.165, 1.54) is 19.0 Å². The number of carbonyl (C=O) groups excluding carboxylic acids is 1. The monoisotopic (exact) mass is 282 g/mol. The minimum Gasteiger partial charge on any atom is -0.376 e. The van der Waals surface area contributed by atoms with E-state index in [1.807, 2.05) is 6.92 Å². The Bertz CT molecular complexity index is 445. The van der Waals surface area contributed by atoms with E-state index >= 15 is 0 Å². The first kappa shape index (κ1) is 14.3. The van der Waals surface area contributed by atoms with E-state index in [-0.39, 0.29) is 5.91 Å². The first-order valence-corrected chi connectivity index (χ1v) is 7.06. The van der Waals surface area contributed by atoms with Crippen molar-refractivity contribution in [1.29, 1.82) is 0 Å². The highest BCUT2D eigenvalue weighted by Crippen LogP contribution is 2.20. The summed E-state index contributed by atoms with van der Waals surface area (Å²) < 4.78 is 5.68. The summed E-state index contributed by atoms with van der Waals surface area (Å²) >= 11 is 6.01. The highest BCUT2D eigenvalue weighted by molar-refractivity contribution is 6.33. The number of nitrogens with zero attached hydrogens (tertiary/aromatic N) is 1. The smallest absolute Gasteiger partial charge is 0.254 e. The normalized spacial score (nSPS) is 15.7. The number of ether oxygens (including phenoxy) is 1. The summed E-state index contributed by atoms with van der Waals surface area (Å²) in [6.45, 7) is 2.88. The van der Waals surface area contributed by atoms with Crippen LogP contribution in [0.25, 0.3) is 0 Å². The third kappa shape index (κ3) is 4.18. The fraction of sp³-hybridized carbons (Fsp3) is 0.571. The lowest BCUT2D eigenvalue weighted by Crippen LogP contribution is -2.28. The van der Waals surface area contributed by atoms with E-state index in [1.54, 1.807) is 6.07 Å². The maximum absolute atomic E-state index is 11.9. The highest BCUT2D eigenvalue weighted by atomic mass is 35.5. The molecule has 0 aliphatic heterocycles. The van der Waals surface area contributed by atoms with Gasteiger partial charge in [0.1, 0.15) is 0 Å². The fourth-order valence-corrected chi connectivity index (χ4v) is 2.53. The molecule has 1 saturated carbocycles. The maximum Gasteiger partial charge on any atom is 0.254 e. The highest BCUT2D eigenvalue weighted by Gasteiger charge is 2.15. The van der Waals surface area contributed by atoms with E-state index in [4.69, 9.17) is 16.3 Å². The number of carbonyl (C=O) groups is 1. The van der Waals surface area contributed by atoms with E-state index in [0.717, 1.165) is 18.5 Å². The summed E-state index contributed by atoms with van der Waals surface area (Å²) in [4.78, 5) is 16.0. The van der Waals surface area contributed by atoms with Gasteiger partial charge in [-0.1, -0.05) is 24.4 Å². The molecule has 1 fully saturated rings. The van der Waals surface area contributed by atoms with Gasteiger partial charge in [0.15, 0.2) is 0 Å². The Labute approximate surface area is 118 Å². The molecule has 0 aromatic carbocycles. The van der Waals surface area contributed by atoms with Crippen molar-refractivity contribution < 1.29 is 9.53 Å². The Hall–Kier alpha value is -1.13. The largest absolute Gasteiger partial charge is 0.376 e. The number of rotatable bonds is 5. The van der Waals surface area contributed by atoms with Gasteiger partial charge in [-0.2, -0.15) is 0 Å². The van der Waals surface area contributed by atoms with Crippen LogP contribution >= 0.6 is 11.6 Å². The molecule has 19 heavy (non-hydrogen) atoms. The zero-order valence-corrected chi connectivity index (χ0v) is 11.9. The second-order valence-corrected chi connectivity index (χ2v) is 5.25. The van der Waals surface area contributed by atoms with E-state index in [0.29, 0.717) is 29.8 Å². The van der Waals surface area contributed by atoms with Gasteiger partial charge in [0.2, 0.25) is 0 Å². The standard InChI is InChI=1S/C14H19ClN2O2/c1-10-8-13(15)12(9-17-10)14(18)16-6-7-19-11-4-2-3-5-11/h8-9,11H,2-7H2,1H3,(H,16,18). The predicted molar refractivity (Wildman–Crippen MR) is 74.5 cm³/mol. The predicted octanol–water partition coefficient (Wildman–Crippen LogP) is 2.73. The van der Waals surface area contributed by atoms with Crippen LogP contribution in [0.3, 0.4) is 0 Å². The topological polar surface area (TPSA) is 51.2 Å². The molecule has 0 radical (unpaired) electrons. The van der Waals surface area contributed by atoms with E-state index in [9.17, 15) is 4.79 Å². The summed E-state index contributed by atoms with van der Waals surface area (Å²) in [5, 5.41) is 3.23. The molecule has 1 amide bonds. The molecule has 2 rings (SSSR count). The van der Waals surface area contributed by atoms with Crippen molar-refractivity contribution in [2.45, 2.75) is 38.7 Å². The molecule has 0 unspecified atom stereocenters. The average molecular weight is 283 g/mol. The lowest BCUT2D eigenvalue weighted by atomic mass is 10.2. The van der Waals surface area contributed by atoms with Gasteiger partial charge in [0, 0.05) is 18.4 Å². The van der Waals surface area contributed by atoms with Crippen molar-refractivity contribution in [3.63, 3.8) is 0 Å². The molecule has 1 heterocycles. The van der Waals surface area contributed by atoms with Crippen LogP contribution in [-0.2, 0) is 4.74 Å². The van der Waals surface area contributed by atoms with Gasteiger partial charge >= 0.3 is 0 Å². The first-order chi connectivity index (χ1) is 9.16. The van der Waals surface area contributed by atoms with E-state index < -0.39 is 0 Å². The van der Waals surface area contributed by atoms with Crippen molar-refractivity contribution in [2.24, 2.45) is 0 Å². The zero-order chi connectivity index (χ0) is 13.7. The van der Waals surface area contributed by atoms with Gasteiger partial charge in [-0.15, -0.1) is 0 Å². The Morgan fingerprint density at radius 1 is 1.53 bits per heavy atom. The van der Waals surface area contributed by atoms with Gasteiger partial charge in [-0.3, -0.25) is 9.78 Å². The Kier molecular flexibility index (Phi) is 5.16. The number of halogens is 1. The third-order valence-electron chi connectivity index (χ3n) is 3.28. The molecule has 4 nitrogen and oxygen atoms in total. The average Bonchev–Trinajstić information content (AvgIpc) is 2.87. The van der Waals surface area contributed by atoms with Crippen molar-refractivity contribution in [2.75, 3.05) is 13.2 Å². The maximum atomic E-state index is 11.9. The van der Waals surface area contributed by atoms with Crippen LogP contribution in [0.15, 0.2) is 12.3 Å². The molecule has 104 valence electrons. The van der Waals surface area contributed by atoms with Crippen molar-refractivity contribution in [3.05, 3.63) is 28.5 Å². The molecule has 0 spiro atoms. The Morgan fingerprint density at radius 2 is 2.26 bits per heavy atom. The number of pyridine rings is 1. The van der Waals surface area contributed by atoms with Crippen LogP contribution in [0.2, 0.25) is 5.02 Å². The summed E-state index contributed by atoms with van der Waals surface area (Å²) in [6, 6.07) is 1.69. The van der Waals surface area contributed by atoms with Crippen LogP contribution in [0.4, 0.5) is 0 Å². The molecule has 1 aromatic heterocycles. The molecular weight excluding hydrogens is 264 g/mol. The first-order valence-electron chi connectivity index (χ1n) is 6.69. The van der Waals surface area contributed by atoms with E-state index in [2.05, 4.69) is 10.3 Å². The molecular formula is C14H19ClN2O2. The Morgan fingerprint density at radius 3 is 2.95 bits per heavy atom. The lowest BCUT2D eigenvalue weighted by Gasteiger charge is -2.11. The van der Waals surface area contributed by atoms with Crippen molar-refractivity contribution in [3.8, 4) is 0 Å².